The molecule has 4 rings (SSSR count). The van der Waals surface area contributed by atoms with E-state index in [-0.39, 0.29) is 5.89 Å². The molecule has 0 atom stereocenters. The van der Waals surface area contributed by atoms with Gasteiger partial charge in [-0.3, -0.25) is 0 Å². The molecule has 0 N–H and O–H groups in total. The van der Waals surface area contributed by atoms with Crippen molar-refractivity contribution in [2.45, 2.75) is 5.22 Å². The van der Waals surface area contributed by atoms with Crippen LogP contribution in [0.5, 0.6) is 0 Å². The third-order valence-corrected chi connectivity index (χ3v) is 4.84. The minimum Gasteiger partial charge on any atom is -0.464 e. The lowest BCUT2D eigenvalue weighted by Crippen LogP contribution is -1.96. The lowest BCUT2D eigenvalue weighted by Gasteiger charge is -2.02. The van der Waals surface area contributed by atoms with Gasteiger partial charge in [0.1, 0.15) is 5.58 Å². The maximum atomic E-state index is 11.5. The van der Waals surface area contributed by atoms with E-state index in [1.165, 1.54) is 0 Å². The van der Waals surface area contributed by atoms with E-state index in [2.05, 4.69) is 10.2 Å². The first-order chi connectivity index (χ1) is 11.9. The standard InChI is InChI=1S/C17H11ClN2O4S/c1-25(21,22)17-20-19-16(24-17)10-6-7-15-12(8-10)13(9-23-15)11-4-2-3-5-14(11)18/h2-9H,1H3. The average Bonchev–Trinajstić information content (AvgIpc) is 3.21. The zero-order valence-electron chi connectivity index (χ0n) is 12.9. The van der Waals surface area contributed by atoms with Crippen LogP contribution in [0, 0.1) is 0 Å². The molecule has 0 aliphatic heterocycles. The maximum absolute atomic E-state index is 11.5. The molecular formula is C17H11ClN2O4S. The maximum Gasteiger partial charge on any atom is 0.335 e. The Morgan fingerprint density at radius 3 is 2.56 bits per heavy atom. The van der Waals surface area contributed by atoms with Gasteiger partial charge in [-0.05, 0) is 24.3 Å². The molecule has 2 aromatic heterocycles. The van der Waals surface area contributed by atoms with Gasteiger partial charge in [-0.1, -0.05) is 34.9 Å². The Balaban J connectivity index is 1.87. The first-order valence-corrected chi connectivity index (χ1v) is 9.50. The molecule has 0 spiro atoms. The van der Waals surface area contributed by atoms with Crippen molar-refractivity contribution < 1.29 is 17.3 Å². The number of benzene rings is 2. The van der Waals surface area contributed by atoms with Crippen LogP contribution in [0.1, 0.15) is 0 Å². The van der Waals surface area contributed by atoms with Crippen molar-refractivity contribution in [1.29, 1.82) is 0 Å². The van der Waals surface area contributed by atoms with E-state index in [0.717, 1.165) is 22.8 Å². The minimum absolute atomic E-state index is 0.119. The number of furan rings is 1. The highest BCUT2D eigenvalue weighted by Gasteiger charge is 2.19. The van der Waals surface area contributed by atoms with Crippen molar-refractivity contribution in [2.75, 3.05) is 6.26 Å². The lowest BCUT2D eigenvalue weighted by atomic mass is 10.0. The molecule has 4 aromatic rings. The molecule has 0 radical (unpaired) electrons. The predicted molar refractivity (Wildman–Crippen MR) is 93.1 cm³/mol. The van der Waals surface area contributed by atoms with Crippen LogP contribution in [0.2, 0.25) is 5.02 Å². The number of fused-ring (bicyclic) bond motifs is 1. The summed E-state index contributed by atoms with van der Waals surface area (Å²) >= 11 is 6.28. The number of nitrogens with zero attached hydrogens (tertiary/aromatic N) is 2. The van der Waals surface area contributed by atoms with Crippen molar-refractivity contribution in [3.05, 3.63) is 53.8 Å². The fourth-order valence-electron chi connectivity index (χ4n) is 2.53. The van der Waals surface area contributed by atoms with Crippen LogP contribution in [0.25, 0.3) is 33.6 Å². The molecule has 0 saturated carbocycles. The Labute approximate surface area is 148 Å². The number of hydrogen-bond donors (Lipinski definition) is 0. The van der Waals surface area contributed by atoms with Crippen molar-refractivity contribution in [3.8, 4) is 22.6 Å². The summed E-state index contributed by atoms with van der Waals surface area (Å²) in [6.07, 6.45) is 2.64. The van der Waals surface area contributed by atoms with Gasteiger partial charge in [0, 0.05) is 33.4 Å². The monoisotopic (exact) mass is 374 g/mol. The molecule has 126 valence electrons. The van der Waals surface area contributed by atoms with Gasteiger partial charge in [-0.2, -0.15) is 0 Å². The number of hydrogen-bond acceptors (Lipinski definition) is 6. The first kappa shape index (κ1) is 15.9. The smallest absolute Gasteiger partial charge is 0.335 e. The van der Waals surface area contributed by atoms with Crippen molar-refractivity contribution in [1.82, 2.24) is 10.2 Å². The highest BCUT2D eigenvalue weighted by Crippen LogP contribution is 2.36. The van der Waals surface area contributed by atoms with E-state index in [1.807, 2.05) is 18.2 Å². The molecule has 0 amide bonds. The zero-order chi connectivity index (χ0) is 17.6. The molecule has 25 heavy (non-hydrogen) atoms. The van der Waals surface area contributed by atoms with Gasteiger partial charge in [0.2, 0.25) is 15.7 Å². The van der Waals surface area contributed by atoms with E-state index >= 15 is 0 Å². The van der Waals surface area contributed by atoms with Crippen molar-refractivity contribution in [2.24, 2.45) is 0 Å². The number of rotatable bonds is 3. The van der Waals surface area contributed by atoms with Crippen LogP contribution in [0.4, 0.5) is 0 Å². The number of sulfone groups is 1. The fourth-order valence-corrected chi connectivity index (χ4v) is 3.18. The molecule has 6 nitrogen and oxygen atoms in total. The molecule has 2 aromatic carbocycles. The van der Waals surface area contributed by atoms with E-state index in [4.69, 9.17) is 20.4 Å². The van der Waals surface area contributed by atoms with Crippen LogP contribution in [-0.2, 0) is 9.84 Å². The highest BCUT2D eigenvalue weighted by molar-refractivity contribution is 7.90. The van der Waals surface area contributed by atoms with E-state index in [0.29, 0.717) is 16.2 Å². The molecule has 0 fully saturated rings. The van der Waals surface area contributed by atoms with Crippen LogP contribution in [0.15, 0.2) is 62.8 Å². The SMILES string of the molecule is CS(=O)(=O)c1nnc(-c2ccc3occ(-c4ccccc4Cl)c3c2)o1. The zero-order valence-corrected chi connectivity index (χ0v) is 14.5. The summed E-state index contributed by atoms with van der Waals surface area (Å²) in [4.78, 5) is 0. The Morgan fingerprint density at radius 1 is 1.04 bits per heavy atom. The first-order valence-electron chi connectivity index (χ1n) is 7.23. The molecule has 0 aliphatic carbocycles. The Kier molecular flexibility index (Phi) is 3.63. The van der Waals surface area contributed by atoms with Gasteiger partial charge >= 0.3 is 5.22 Å². The Hall–Kier alpha value is -2.64. The van der Waals surface area contributed by atoms with Gasteiger partial charge in [0.15, 0.2) is 0 Å². The Morgan fingerprint density at radius 2 is 1.84 bits per heavy atom. The summed E-state index contributed by atoms with van der Waals surface area (Å²) in [6.45, 7) is 0. The van der Waals surface area contributed by atoms with E-state index in [9.17, 15) is 8.42 Å². The predicted octanol–water partition coefficient (Wildman–Crippen LogP) is 4.21. The molecule has 0 unspecified atom stereocenters. The summed E-state index contributed by atoms with van der Waals surface area (Å²) in [7, 11) is -3.55. The van der Waals surface area contributed by atoms with Gasteiger partial charge < -0.3 is 8.83 Å². The normalized spacial score (nSPS) is 11.9. The lowest BCUT2D eigenvalue weighted by molar-refractivity contribution is 0.442. The molecular weight excluding hydrogens is 364 g/mol. The summed E-state index contributed by atoms with van der Waals surface area (Å²) in [5.74, 6) is 0.119. The van der Waals surface area contributed by atoms with Crippen LogP contribution >= 0.6 is 11.6 Å². The third-order valence-electron chi connectivity index (χ3n) is 3.71. The van der Waals surface area contributed by atoms with Gasteiger partial charge in [-0.25, -0.2) is 8.42 Å². The van der Waals surface area contributed by atoms with Gasteiger partial charge in [-0.15, -0.1) is 5.10 Å². The molecule has 0 saturated heterocycles. The van der Waals surface area contributed by atoms with E-state index < -0.39 is 15.1 Å². The highest BCUT2D eigenvalue weighted by atomic mass is 35.5. The topological polar surface area (TPSA) is 86.2 Å². The quantitative estimate of drug-likeness (QED) is 0.534. The third kappa shape index (κ3) is 2.81. The second-order valence-corrected chi connectivity index (χ2v) is 7.79. The average molecular weight is 375 g/mol. The largest absolute Gasteiger partial charge is 0.464 e. The summed E-state index contributed by atoms with van der Waals surface area (Å²) < 4.78 is 33.8. The van der Waals surface area contributed by atoms with Crippen molar-refractivity contribution in [3.63, 3.8) is 0 Å². The molecule has 0 aliphatic rings. The summed E-state index contributed by atoms with van der Waals surface area (Å²) in [6, 6.07) is 12.7. The fraction of sp³-hybridized carbons (Fsp3) is 0.0588. The van der Waals surface area contributed by atoms with E-state index in [1.54, 1.807) is 30.5 Å². The summed E-state index contributed by atoms with van der Waals surface area (Å²) in [5, 5.41) is 8.39. The van der Waals surface area contributed by atoms with Crippen LogP contribution in [0.3, 0.4) is 0 Å². The number of aromatic nitrogens is 2. The molecule has 2 heterocycles. The number of halogens is 1. The minimum atomic E-state index is -3.55. The molecule has 8 heteroatoms. The molecule has 0 bridgehead atoms. The summed E-state index contributed by atoms with van der Waals surface area (Å²) in [5.41, 5.74) is 2.92. The van der Waals surface area contributed by atoms with Crippen LogP contribution in [-0.4, -0.2) is 24.9 Å². The van der Waals surface area contributed by atoms with Crippen molar-refractivity contribution >= 4 is 32.4 Å². The second-order valence-electron chi connectivity index (χ2n) is 5.49. The van der Waals surface area contributed by atoms with Gasteiger partial charge in [0.05, 0.1) is 6.26 Å². The van der Waals surface area contributed by atoms with Crippen LogP contribution < -0.4 is 0 Å². The van der Waals surface area contributed by atoms with Gasteiger partial charge in [0.25, 0.3) is 0 Å². The Bertz CT molecular complexity index is 1190. The second kappa shape index (κ2) is 5.72.